The van der Waals surface area contributed by atoms with E-state index in [4.69, 9.17) is 0 Å². The molecular weight excluding hydrogens is 412 g/mol. The second kappa shape index (κ2) is 8.62. The third kappa shape index (κ3) is 3.90. The Bertz CT molecular complexity index is 1010. The number of benzene rings is 2. The Labute approximate surface area is 186 Å². The lowest BCUT2D eigenvalue weighted by Gasteiger charge is -2.39. The first kappa shape index (κ1) is 21.1. The van der Waals surface area contributed by atoms with E-state index in [0.717, 1.165) is 55.8 Å². The molecule has 0 aromatic heterocycles. The Kier molecular flexibility index (Phi) is 5.67. The maximum atomic E-state index is 14.1. The number of piperidine rings is 1. The van der Waals surface area contributed by atoms with E-state index in [0.29, 0.717) is 19.4 Å². The smallest absolute Gasteiger partial charge is 0.229 e. The molecule has 0 N–H and O–H groups in total. The molecule has 2 amide bonds. The molecule has 32 heavy (non-hydrogen) atoms. The summed E-state index contributed by atoms with van der Waals surface area (Å²) in [7, 11) is 0. The molecule has 2 unspecified atom stereocenters. The minimum absolute atomic E-state index is 0.0544. The summed E-state index contributed by atoms with van der Waals surface area (Å²) in [5, 5.41) is 0. The van der Waals surface area contributed by atoms with Crippen LogP contribution in [0.5, 0.6) is 0 Å². The number of carbonyl (C=O) groups is 2. The molecule has 5 nitrogen and oxygen atoms in total. The summed E-state index contributed by atoms with van der Waals surface area (Å²) in [6.45, 7) is 3.15. The Morgan fingerprint density at radius 2 is 1.56 bits per heavy atom. The topological polar surface area (TPSA) is 43.9 Å². The lowest BCUT2D eigenvalue weighted by molar-refractivity contribution is -0.138. The molecule has 0 spiro atoms. The molecule has 5 rings (SSSR count). The van der Waals surface area contributed by atoms with Crippen LogP contribution in [0.25, 0.3) is 0 Å². The predicted molar refractivity (Wildman–Crippen MR) is 118 cm³/mol. The second-order valence-electron chi connectivity index (χ2n) is 8.96. The summed E-state index contributed by atoms with van der Waals surface area (Å²) in [5.41, 5.74) is 2.94. The van der Waals surface area contributed by atoms with Crippen molar-refractivity contribution in [2.75, 3.05) is 31.1 Å². The van der Waals surface area contributed by atoms with Gasteiger partial charge in [-0.2, -0.15) is 0 Å². The molecule has 3 aliphatic heterocycles. The van der Waals surface area contributed by atoms with Gasteiger partial charge in [0.25, 0.3) is 0 Å². The maximum absolute atomic E-state index is 14.1. The highest BCUT2D eigenvalue weighted by Crippen LogP contribution is 2.48. The molecule has 168 valence electrons. The van der Waals surface area contributed by atoms with Crippen molar-refractivity contribution in [1.82, 2.24) is 9.80 Å². The van der Waals surface area contributed by atoms with Gasteiger partial charge in [-0.1, -0.05) is 0 Å². The van der Waals surface area contributed by atoms with Crippen LogP contribution in [0.1, 0.15) is 43.6 Å². The molecule has 2 fully saturated rings. The number of nitrogens with zero attached hydrogens (tertiary/aromatic N) is 3. The fourth-order valence-electron chi connectivity index (χ4n) is 5.46. The number of anilines is 2. The Morgan fingerprint density at radius 1 is 0.875 bits per heavy atom. The molecule has 2 aromatic rings. The van der Waals surface area contributed by atoms with Gasteiger partial charge in [-0.15, -0.1) is 0 Å². The van der Waals surface area contributed by atoms with Gasteiger partial charge < -0.3 is 9.80 Å². The van der Waals surface area contributed by atoms with Crippen molar-refractivity contribution in [2.45, 2.75) is 44.1 Å². The van der Waals surface area contributed by atoms with E-state index < -0.39 is 0 Å². The van der Waals surface area contributed by atoms with Crippen molar-refractivity contribution < 1.29 is 18.4 Å². The van der Waals surface area contributed by atoms with Gasteiger partial charge in [0.2, 0.25) is 11.8 Å². The van der Waals surface area contributed by atoms with E-state index >= 15 is 0 Å². The van der Waals surface area contributed by atoms with Crippen molar-refractivity contribution in [3.8, 4) is 0 Å². The van der Waals surface area contributed by atoms with Gasteiger partial charge in [0, 0.05) is 55.8 Å². The van der Waals surface area contributed by atoms with Crippen LogP contribution in [0.3, 0.4) is 0 Å². The van der Waals surface area contributed by atoms with Crippen LogP contribution in [0, 0.1) is 11.6 Å². The number of fused-ring (bicyclic) bond motifs is 3. The van der Waals surface area contributed by atoms with Crippen LogP contribution in [0.15, 0.2) is 42.5 Å². The van der Waals surface area contributed by atoms with E-state index in [1.54, 1.807) is 18.2 Å². The van der Waals surface area contributed by atoms with Crippen molar-refractivity contribution in [2.24, 2.45) is 0 Å². The first-order chi connectivity index (χ1) is 15.5. The average Bonchev–Trinajstić information content (AvgIpc) is 3.28. The van der Waals surface area contributed by atoms with E-state index in [1.165, 1.54) is 23.1 Å². The number of hydrogen-bond donors (Lipinski definition) is 0. The van der Waals surface area contributed by atoms with Gasteiger partial charge in [-0.05, 0) is 73.8 Å². The van der Waals surface area contributed by atoms with Crippen molar-refractivity contribution >= 4 is 23.2 Å². The fourth-order valence-corrected chi connectivity index (χ4v) is 5.46. The molecule has 2 saturated heterocycles. The summed E-state index contributed by atoms with van der Waals surface area (Å²) in [6, 6.07) is 11.7. The highest BCUT2D eigenvalue weighted by molar-refractivity contribution is 6.01. The monoisotopic (exact) mass is 439 g/mol. The summed E-state index contributed by atoms with van der Waals surface area (Å²) < 4.78 is 27.6. The second-order valence-corrected chi connectivity index (χ2v) is 8.96. The van der Waals surface area contributed by atoms with Crippen LogP contribution in [0.4, 0.5) is 20.2 Å². The minimum Gasteiger partial charge on any atom is -0.337 e. The first-order valence-electron chi connectivity index (χ1n) is 11.4. The number of halogens is 2. The summed E-state index contributed by atoms with van der Waals surface area (Å²) in [5.74, 6) is -0.430. The summed E-state index contributed by atoms with van der Waals surface area (Å²) in [4.78, 5) is 29.5. The lowest BCUT2D eigenvalue weighted by Crippen LogP contribution is -2.45. The summed E-state index contributed by atoms with van der Waals surface area (Å²) >= 11 is 0. The number of rotatable bonds is 6. The van der Waals surface area contributed by atoms with Crippen molar-refractivity contribution in [1.29, 1.82) is 0 Å². The average molecular weight is 440 g/mol. The molecule has 0 radical (unpaired) electrons. The van der Waals surface area contributed by atoms with Crippen LogP contribution in [0.2, 0.25) is 0 Å². The third-order valence-electron chi connectivity index (χ3n) is 7.01. The normalized spacial score (nSPS) is 23.1. The van der Waals surface area contributed by atoms with E-state index in [2.05, 4.69) is 9.80 Å². The van der Waals surface area contributed by atoms with Gasteiger partial charge in [-0.25, -0.2) is 8.78 Å². The van der Waals surface area contributed by atoms with Crippen molar-refractivity contribution in [3.63, 3.8) is 0 Å². The largest absolute Gasteiger partial charge is 0.337 e. The molecule has 3 heterocycles. The molecule has 2 aromatic carbocycles. The molecule has 7 heteroatoms. The number of amides is 2. The third-order valence-corrected chi connectivity index (χ3v) is 7.01. The van der Waals surface area contributed by atoms with Gasteiger partial charge >= 0.3 is 0 Å². The highest BCUT2D eigenvalue weighted by atomic mass is 19.1. The maximum Gasteiger partial charge on any atom is 0.229 e. The molecule has 0 saturated carbocycles. The molecule has 0 bridgehead atoms. The van der Waals surface area contributed by atoms with E-state index in [-0.39, 0.29) is 35.4 Å². The Morgan fingerprint density at radius 3 is 2.31 bits per heavy atom. The van der Waals surface area contributed by atoms with Gasteiger partial charge in [0.1, 0.15) is 11.6 Å². The van der Waals surface area contributed by atoms with Crippen molar-refractivity contribution in [3.05, 3.63) is 59.7 Å². The quantitative estimate of drug-likeness (QED) is 0.500. The number of likely N-dealkylation sites (tertiary alicyclic amines) is 2. The molecule has 2 atom stereocenters. The van der Waals surface area contributed by atoms with Gasteiger partial charge in [-0.3, -0.25) is 14.5 Å². The number of hydrogen-bond acceptors (Lipinski definition) is 4. The molecule has 0 aliphatic carbocycles. The number of imide groups is 1. The molecule has 3 aliphatic rings. The molecular formula is C25H27F2N3O2. The first-order valence-corrected chi connectivity index (χ1v) is 11.4. The lowest BCUT2D eigenvalue weighted by atomic mass is 9.89. The fraction of sp³-hybridized carbons (Fsp3) is 0.440. The van der Waals surface area contributed by atoms with Gasteiger partial charge in [0.05, 0.1) is 0 Å². The summed E-state index contributed by atoms with van der Waals surface area (Å²) in [6.07, 6.45) is 3.33. The number of unbranched alkanes of at least 4 members (excludes halogenated alkanes) is 1. The van der Waals surface area contributed by atoms with E-state index in [9.17, 15) is 18.4 Å². The van der Waals surface area contributed by atoms with Crippen LogP contribution < -0.4 is 4.90 Å². The minimum atomic E-state index is -0.268. The predicted octanol–water partition coefficient (Wildman–Crippen LogP) is 4.20. The zero-order valence-corrected chi connectivity index (χ0v) is 18.0. The SMILES string of the molecule is O=C1CCC(=O)N1CCCCN1CCC2C(C1)c1cc(F)ccc1N2c1ccc(F)cc1. The zero-order valence-electron chi connectivity index (χ0n) is 18.0. The van der Waals surface area contributed by atoms with E-state index in [1.807, 2.05) is 6.07 Å². The Hall–Kier alpha value is -2.80. The van der Waals surface area contributed by atoms with Crippen LogP contribution in [-0.4, -0.2) is 53.8 Å². The zero-order chi connectivity index (χ0) is 22.2. The standard InChI is InChI=1S/C25H27F2N3O2/c26-17-3-6-19(7-4-17)30-22-8-5-18(27)15-20(22)21-16-28(14-11-23(21)30)12-1-2-13-29-24(31)9-10-25(29)32/h3-8,15,21,23H,1-2,9-14,16H2. The van der Waals surface area contributed by atoms with Crippen LogP contribution in [-0.2, 0) is 9.59 Å². The number of carbonyl (C=O) groups excluding carboxylic acids is 2. The van der Waals surface area contributed by atoms with Crippen LogP contribution >= 0.6 is 0 Å². The van der Waals surface area contributed by atoms with Gasteiger partial charge in [0.15, 0.2) is 0 Å². The Balaban J connectivity index is 1.26. The highest BCUT2D eigenvalue weighted by Gasteiger charge is 2.42.